The van der Waals surface area contributed by atoms with E-state index in [9.17, 15) is 9.90 Å². The van der Waals surface area contributed by atoms with E-state index in [1.807, 2.05) is 30.3 Å². The van der Waals surface area contributed by atoms with E-state index in [1.165, 1.54) is 6.42 Å². The van der Waals surface area contributed by atoms with E-state index in [4.69, 9.17) is 10.5 Å². The number of benzene rings is 1. The van der Waals surface area contributed by atoms with Gasteiger partial charge in [-0.05, 0) is 56.1 Å². The molecule has 1 aromatic rings. The molecule has 4 nitrogen and oxygen atoms in total. The van der Waals surface area contributed by atoms with Gasteiger partial charge in [0.25, 0.3) is 0 Å². The third-order valence-electron chi connectivity index (χ3n) is 5.86. The Morgan fingerprint density at radius 1 is 1.14 bits per heavy atom. The summed E-state index contributed by atoms with van der Waals surface area (Å²) >= 11 is 0. The van der Waals surface area contributed by atoms with Crippen molar-refractivity contribution in [3.8, 4) is 5.75 Å². The zero-order chi connectivity index (χ0) is 14.7. The topological polar surface area (TPSA) is 72.5 Å². The zero-order valence-corrected chi connectivity index (χ0v) is 12.0. The van der Waals surface area contributed by atoms with Crippen LogP contribution < -0.4 is 10.5 Å². The van der Waals surface area contributed by atoms with Crippen molar-refractivity contribution in [3.63, 3.8) is 0 Å². The normalized spacial score (nSPS) is 43.8. The Morgan fingerprint density at radius 3 is 2.29 bits per heavy atom. The summed E-state index contributed by atoms with van der Waals surface area (Å²) in [6.07, 6.45) is 4.65. The highest BCUT2D eigenvalue weighted by Gasteiger charge is 2.70. The lowest BCUT2D eigenvalue weighted by Gasteiger charge is -2.63. The standard InChI is InChI=1S/C17H21NO3/c18-16-9-11-6-12(10-16)8-13(7-11)17(16,15(19)20)21-14-4-2-1-3-5-14/h1-5,11-13H,6-10,18H2,(H,19,20). The van der Waals surface area contributed by atoms with Crippen molar-refractivity contribution in [2.45, 2.75) is 43.2 Å². The third kappa shape index (κ3) is 1.68. The molecule has 3 unspecified atom stereocenters. The molecule has 0 spiro atoms. The Balaban J connectivity index is 1.79. The van der Waals surface area contributed by atoms with E-state index in [1.54, 1.807) is 0 Å². The minimum Gasteiger partial charge on any atom is -0.478 e. The summed E-state index contributed by atoms with van der Waals surface area (Å²) in [7, 11) is 0. The Hall–Kier alpha value is -1.55. The molecule has 0 heterocycles. The molecule has 4 heteroatoms. The molecule has 4 aliphatic rings. The highest BCUT2D eigenvalue weighted by atomic mass is 16.5. The number of para-hydroxylation sites is 1. The molecule has 1 aromatic carbocycles. The van der Waals surface area contributed by atoms with Gasteiger partial charge in [-0.2, -0.15) is 0 Å². The maximum Gasteiger partial charge on any atom is 0.350 e. The predicted octanol–water partition coefficient (Wildman–Crippen LogP) is 2.43. The summed E-state index contributed by atoms with van der Waals surface area (Å²) in [5.41, 5.74) is 4.65. The summed E-state index contributed by atoms with van der Waals surface area (Å²) < 4.78 is 6.12. The van der Waals surface area contributed by atoms with Gasteiger partial charge in [-0.15, -0.1) is 0 Å². The van der Waals surface area contributed by atoms with Crippen LogP contribution in [0, 0.1) is 17.8 Å². The van der Waals surface area contributed by atoms with Crippen LogP contribution in [0.2, 0.25) is 0 Å². The van der Waals surface area contributed by atoms with Gasteiger partial charge in [0, 0.05) is 5.92 Å². The van der Waals surface area contributed by atoms with Crippen molar-refractivity contribution < 1.29 is 14.6 Å². The maximum absolute atomic E-state index is 12.2. The van der Waals surface area contributed by atoms with Gasteiger partial charge < -0.3 is 15.6 Å². The number of aliphatic carboxylic acids is 1. The van der Waals surface area contributed by atoms with Gasteiger partial charge in [0.05, 0.1) is 5.54 Å². The van der Waals surface area contributed by atoms with Gasteiger partial charge in [-0.25, -0.2) is 4.79 Å². The van der Waals surface area contributed by atoms with Gasteiger partial charge in [0.1, 0.15) is 5.75 Å². The second-order valence-electron chi connectivity index (χ2n) is 7.16. The van der Waals surface area contributed by atoms with E-state index in [2.05, 4.69) is 0 Å². The molecular formula is C17H21NO3. The van der Waals surface area contributed by atoms with Gasteiger partial charge in [-0.3, -0.25) is 0 Å². The first-order valence-electron chi connectivity index (χ1n) is 7.80. The summed E-state index contributed by atoms with van der Waals surface area (Å²) in [6.45, 7) is 0. The van der Waals surface area contributed by atoms with Crippen LogP contribution in [-0.4, -0.2) is 22.2 Å². The largest absolute Gasteiger partial charge is 0.478 e. The Kier molecular flexibility index (Phi) is 2.65. The first kappa shape index (κ1) is 13.1. The number of ether oxygens (including phenoxy) is 1. The van der Waals surface area contributed by atoms with Crippen LogP contribution in [-0.2, 0) is 4.79 Å². The van der Waals surface area contributed by atoms with Crippen LogP contribution in [0.1, 0.15) is 32.1 Å². The molecule has 3 atom stereocenters. The Morgan fingerprint density at radius 2 is 1.76 bits per heavy atom. The smallest absolute Gasteiger partial charge is 0.350 e. The zero-order valence-electron chi connectivity index (χ0n) is 12.0. The predicted molar refractivity (Wildman–Crippen MR) is 77.9 cm³/mol. The molecule has 4 aliphatic carbocycles. The van der Waals surface area contributed by atoms with Crippen molar-refractivity contribution in [1.82, 2.24) is 0 Å². The molecule has 0 saturated heterocycles. The number of nitrogens with two attached hydrogens (primary N) is 1. The quantitative estimate of drug-likeness (QED) is 0.895. The summed E-state index contributed by atoms with van der Waals surface area (Å²) in [5.74, 6) is 0.917. The minimum atomic E-state index is -1.26. The van der Waals surface area contributed by atoms with Gasteiger partial charge in [0.2, 0.25) is 5.60 Å². The first-order valence-corrected chi connectivity index (χ1v) is 7.80. The van der Waals surface area contributed by atoms with Crippen molar-refractivity contribution >= 4 is 5.97 Å². The van der Waals surface area contributed by atoms with Crippen LogP contribution in [0.15, 0.2) is 30.3 Å². The van der Waals surface area contributed by atoms with Gasteiger partial charge in [0.15, 0.2) is 0 Å². The van der Waals surface area contributed by atoms with E-state index < -0.39 is 17.1 Å². The monoisotopic (exact) mass is 287 g/mol. The molecule has 5 rings (SSSR count). The third-order valence-corrected chi connectivity index (χ3v) is 5.86. The summed E-state index contributed by atoms with van der Waals surface area (Å²) in [4.78, 5) is 12.2. The molecule has 0 radical (unpaired) electrons. The highest BCUT2D eigenvalue weighted by molar-refractivity contribution is 5.81. The molecule has 0 aromatic heterocycles. The van der Waals surface area contributed by atoms with Crippen LogP contribution >= 0.6 is 0 Å². The van der Waals surface area contributed by atoms with E-state index >= 15 is 0 Å². The van der Waals surface area contributed by atoms with Crippen molar-refractivity contribution in [2.24, 2.45) is 23.5 Å². The Bertz CT molecular complexity index is 559. The summed E-state index contributed by atoms with van der Waals surface area (Å²) in [5, 5.41) is 10.0. The fraction of sp³-hybridized carbons (Fsp3) is 0.588. The number of carboxylic acids is 1. The van der Waals surface area contributed by atoms with Gasteiger partial charge in [-0.1, -0.05) is 18.2 Å². The maximum atomic E-state index is 12.2. The second-order valence-corrected chi connectivity index (χ2v) is 7.16. The average molecular weight is 287 g/mol. The SMILES string of the molecule is NC12CC3CC(CC(C3)C1(Oc1ccccc1)C(=O)O)C2. The molecule has 4 saturated carbocycles. The van der Waals surface area contributed by atoms with E-state index in [0.29, 0.717) is 17.6 Å². The van der Waals surface area contributed by atoms with Crippen LogP contribution in [0.5, 0.6) is 5.75 Å². The van der Waals surface area contributed by atoms with Crippen LogP contribution in [0.25, 0.3) is 0 Å². The number of rotatable bonds is 3. The van der Waals surface area contributed by atoms with Crippen LogP contribution in [0.3, 0.4) is 0 Å². The molecule has 4 fully saturated rings. The molecule has 3 N–H and O–H groups in total. The molecule has 4 bridgehead atoms. The van der Waals surface area contributed by atoms with Gasteiger partial charge >= 0.3 is 5.97 Å². The molecule has 0 aliphatic heterocycles. The Labute approximate surface area is 124 Å². The number of carboxylic acid groups (broad SMARTS) is 1. The lowest BCUT2D eigenvalue weighted by Crippen LogP contribution is -2.78. The first-order chi connectivity index (χ1) is 10.0. The van der Waals surface area contributed by atoms with E-state index in [0.717, 1.165) is 25.7 Å². The fourth-order valence-corrected chi connectivity index (χ4v) is 5.34. The summed E-state index contributed by atoms with van der Waals surface area (Å²) in [6, 6.07) is 9.27. The number of hydrogen-bond acceptors (Lipinski definition) is 3. The highest BCUT2D eigenvalue weighted by Crippen LogP contribution is 2.60. The average Bonchev–Trinajstić information content (AvgIpc) is 2.42. The second kappa shape index (κ2) is 4.23. The molecule has 0 amide bonds. The van der Waals surface area contributed by atoms with Crippen molar-refractivity contribution in [2.75, 3.05) is 0 Å². The molecule has 21 heavy (non-hydrogen) atoms. The minimum absolute atomic E-state index is 0.0338. The molecular weight excluding hydrogens is 266 g/mol. The van der Waals surface area contributed by atoms with E-state index in [-0.39, 0.29) is 5.92 Å². The van der Waals surface area contributed by atoms with Crippen molar-refractivity contribution in [1.29, 1.82) is 0 Å². The van der Waals surface area contributed by atoms with Crippen LogP contribution in [0.4, 0.5) is 0 Å². The fourth-order valence-electron chi connectivity index (χ4n) is 5.34. The lowest BCUT2D eigenvalue weighted by atomic mass is 9.46. The van der Waals surface area contributed by atoms with Crippen molar-refractivity contribution in [3.05, 3.63) is 30.3 Å². The number of hydrogen-bond donors (Lipinski definition) is 2. The number of carbonyl (C=O) groups is 1. The molecule has 112 valence electrons. The lowest BCUT2D eigenvalue weighted by molar-refractivity contribution is -0.201.